The quantitative estimate of drug-likeness (QED) is 0.570. The Morgan fingerprint density at radius 2 is 1.72 bits per heavy atom. The fourth-order valence-electron chi connectivity index (χ4n) is 4.37. The van der Waals surface area contributed by atoms with E-state index in [2.05, 4.69) is 19.2 Å². The molecule has 0 bridgehead atoms. The van der Waals surface area contributed by atoms with E-state index < -0.39 is 10.0 Å². The number of hydrogen-bond acceptors (Lipinski definition) is 3. The van der Waals surface area contributed by atoms with Gasteiger partial charge < -0.3 is 5.32 Å². The molecule has 174 valence electrons. The van der Waals surface area contributed by atoms with Gasteiger partial charge in [0.1, 0.15) is 0 Å². The first-order valence-corrected chi connectivity index (χ1v) is 13.3. The lowest BCUT2D eigenvalue weighted by Crippen LogP contribution is -2.46. The minimum absolute atomic E-state index is 0.0383. The van der Waals surface area contributed by atoms with Crippen LogP contribution in [0.2, 0.25) is 0 Å². The second-order valence-corrected chi connectivity index (χ2v) is 11.3. The topological polar surface area (TPSA) is 66.5 Å². The molecule has 0 aliphatic carbocycles. The summed E-state index contributed by atoms with van der Waals surface area (Å²) in [5.41, 5.74) is 2.24. The van der Waals surface area contributed by atoms with Crippen LogP contribution in [0.5, 0.6) is 0 Å². The molecule has 3 rings (SSSR count). The minimum atomic E-state index is -3.37. The summed E-state index contributed by atoms with van der Waals surface area (Å²) < 4.78 is 27.4. The van der Waals surface area contributed by atoms with Gasteiger partial charge in [-0.05, 0) is 49.1 Å². The summed E-state index contributed by atoms with van der Waals surface area (Å²) in [4.78, 5) is 13.1. The molecule has 0 radical (unpaired) electrons. The Balaban J connectivity index is 1.58. The van der Waals surface area contributed by atoms with Crippen LogP contribution in [0.4, 0.5) is 0 Å². The van der Waals surface area contributed by atoms with E-state index in [1.54, 1.807) is 0 Å². The number of amides is 1. The van der Waals surface area contributed by atoms with Crippen molar-refractivity contribution in [1.82, 2.24) is 9.62 Å². The number of carbonyl (C=O) groups is 1. The van der Waals surface area contributed by atoms with E-state index in [0.29, 0.717) is 18.9 Å². The first-order valence-electron chi connectivity index (χ1n) is 11.7. The second-order valence-electron chi connectivity index (χ2n) is 9.20. The normalized spacial score (nSPS) is 18.4. The summed E-state index contributed by atoms with van der Waals surface area (Å²) in [5.74, 6) is 0.221. The molecule has 1 fully saturated rings. The van der Waals surface area contributed by atoms with E-state index in [0.717, 1.165) is 36.8 Å². The highest BCUT2D eigenvalue weighted by molar-refractivity contribution is 7.89. The third-order valence-electron chi connectivity index (χ3n) is 6.08. The van der Waals surface area contributed by atoms with E-state index in [1.165, 1.54) is 4.31 Å². The first kappa shape index (κ1) is 24.5. The Morgan fingerprint density at radius 1 is 1.06 bits per heavy atom. The summed E-state index contributed by atoms with van der Waals surface area (Å²) in [5, 5.41) is 3.21. The molecule has 1 N–H and O–H groups in total. The Bertz CT molecular complexity index is 946. The number of benzene rings is 2. The third kappa shape index (κ3) is 7.17. The number of nitrogens with zero attached hydrogens (tertiary/aromatic N) is 1. The molecule has 1 saturated heterocycles. The lowest BCUT2D eigenvalue weighted by molar-refractivity contribution is -0.127. The molecule has 1 aliphatic rings. The second kappa shape index (κ2) is 11.6. The summed E-state index contributed by atoms with van der Waals surface area (Å²) >= 11 is 0. The van der Waals surface area contributed by atoms with E-state index in [-0.39, 0.29) is 30.2 Å². The van der Waals surface area contributed by atoms with E-state index in [4.69, 9.17) is 0 Å². The Morgan fingerprint density at radius 3 is 2.38 bits per heavy atom. The molecule has 5 nitrogen and oxygen atoms in total. The number of rotatable bonds is 10. The van der Waals surface area contributed by atoms with Crippen molar-refractivity contribution >= 4 is 15.9 Å². The molecule has 2 aromatic carbocycles. The number of hydrogen-bond donors (Lipinski definition) is 1. The molecule has 32 heavy (non-hydrogen) atoms. The molecule has 2 atom stereocenters. The van der Waals surface area contributed by atoms with Crippen molar-refractivity contribution in [1.29, 1.82) is 0 Å². The molecular formula is C26H36N2O3S. The van der Waals surface area contributed by atoms with Gasteiger partial charge in [-0.25, -0.2) is 12.7 Å². The summed E-state index contributed by atoms with van der Waals surface area (Å²) in [7, 11) is -3.37. The molecule has 1 aliphatic heterocycles. The van der Waals surface area contributed by atoms with Crippen LogP contribution in [-0.2, 0) is 21.2 Å². The maximum Gasteiger partial charge on any atom is 0.224 e. The molecule has 1 amide bonds. The predicted octanol–water partition coefficient (Wildman–Crippen LogP) is 4.56. The van der Waals surface area contributed by atoms with Crippen LogP contribution in [0.15, 0.2) is 60.7 Å². The van der Waals surface area contributed by atoms with Crippen LogP contribution in [0.1, 0.15) is 56.7 Å². The van der Waals surface area contributed by atoms with Crippen molar-refractivity contribution in [2.45, 2.75) is 52.0 Å². The lowest BCUT2D eigenvalue weighted by Gasteiger charge is -2.32. The molecule has 6 heteroatoms. The largest absolute Gasteiger partial charge is 0.349 e. The van der Waals surface area contributed by atoms with Gasteiger partial charge in [-0.1, -0.05) is 74.5 Å². The van der Waals surface area contributed by atoms with Crippen LogP contribution in [0.3, 0.4) is 0 Å². The SMILES string of the molecule is CC(C)C[C@@H](NC(=O)[C@@H]1CCCN(S(=O)(=O)CCCc2ccccc2)C1)c1ccccc1. The smallest absolute Gasteiger partial charge is 0.224 e. The van der Waals surface area contributed by atoms with Gasteiger partial charge in [-0.2, -0.15) is 0 Å². The van der Waals surface area contributed by atoms with Crippen LogP contribution in [-0.4, -0.2) is 37.5 Å². The molecule has 1 heterocycles. The zero-order valence-electron chi connectivity index (χ0n) is 19.2. The highest BCUT2D eigenvalue weighted by Gasteiger charge is 2.33. The average Bonchev–Trinajstić information content (AvgIpc) is 2.79. The summed E-state index contributed by atoms with van der Waals surface area (Å²) in [6.07, 6.45) is 3.63. The van der Waals surface area contributed by atoms with Gasteiger partial charge >= 0.3 is 0 Å². The number of piperidine rings is 1. The number of carbonyl (C=O) groups excluding carboxylic acids is 1. The average molecular weight is 457 g/mol. The van der Waals surface area contributed by atoms with Crippen LogP contribution in [0.25, 0.3) is 0 Å². The maximum absolute atomic E-state index is 13.1. The molecule has 0 aromatic heterocycles. The number of sulfonamides is 1. The van der Waals surface area contributed by atoms with Crippen molar-refractivity contribution in [3.8, 4) is 0 Å². The van der Waals surface area contributed by atoms with Gasteiger partial charge in [-0.15, -0.1) is 0 Å². The van der Waals surface area contributed by atoms with Crippen LogP contribution >= 0.6 is 0 Å². The first-order chi connectivity index (χ1) is 15.3. The van der Waals surface area contributed by atoms with Crippen molar-refractivity contribution in [2.75, 3.05) is 18.8 Å². The van der Waals surface area contributed by atoms with Gasteiger partial charge in [0.2, 0.25) is 15.9 Å². The monoisotopic (exact) mass is 456 g/mol. The molecular weight excluding hydrogens is 420 g/mol. The third-order valence-corrected chi connectivity index (χ3v) is 8.01. The van der Waals surface area contributed by atoms with Crippen LogP contribution in [0, 0.1) is 11.8 Å². The highest BCUT2D eigenvalue weighted by Crippen LogP contribution is 2.25. The summed E-state index contributed by atoms with van der Waals surface area (Å²) in [6, 6.07) is 19.9. The van der Waals surface area contributed by atoms with Gasteiger partial charge in [0.25, 0.3) is 0 Å². The van der Waals surface area contributed by atoms with Gasteiger partial charge in [0, 0.05) is 13.1 Å². The van der Waals surface area contributed by atoms with Crippen molar-refractivity contribution in [3.05, 3.63) is 71.8 Å². The molecule has 0 unspecified atom stereocenters. The molecule has 2 aromatic rings. The minimum Gasteiger partial charge on any atom is -0.349 e. The van der Waals surface area contributed by atoms with Crippen molar-refractivity contribution in [2.24, 2.45) is 11.8 Å². The Labute approximate surface area is 193 Å². The van der Waals surface area contributed by atoms with Crippen molar-refractivity contribution < 1.29 is 13.2 Å². The Kier molecular flexibility index (Phi) is 8.88. The zero-order chi connectivity index (χ0) is 23.0. The summed E-state index contributed by atoms with van der Waals surface area (Å²) in [6.45, 7) is 5.08. The zero-order valence-corrected chi connectivity index (χ0v) is 20.1. The number of aryl methyl sites for hydroxylation is 1. The van der Waals surface area contributed by atoms with Crippen molar-refractivity contribution in [3.63, 3.8) is 0 Å². The molecule has 0 saturated carbocycles. The fraction of sp³-hybridized carbons (Fsp3) is 0.500. The van der Waals surface area contributed by atoms with E-state index in [9.17, 15) is 13.2 Å². The Hall–Kier alpha value is -2.18. The fourth-order valence-corrected chi connectivity index (χ4v) is 5.95. The maximum atomic E-state index is 13.1. The van der Waals surface area contributed by atoms with Gasteiger partial charge in [-0.3, -0.25) is 4.79 Å². The standard InChI is InChI=1S/C26H36N2O3S/c1-21(2)19-25(23-14-7-4-8-15-23)27-26(29)24-16-9-17-28(20-24)32(30,31)18-10-13-22-11-5-3-6-12-22/h3-8,11-12,14-15,21,24-25H,9-10,13,16-20H2,1-2H3,(H,27,29)/t24-,25-/m1/s1. The number of nitrogens with one attached hydrogen (secondary N) is 1. The lowest BCUT2D eigenvalue weighted by atomic mass is 9.94. The van der Waals surface area contributed by atoms with Gasteiger partial charge in [0.05, 0.1) is 17.7 Å². The predicted molar refractivity (Wildman–Crippen MR) is 130 cm³/mol. The van der Waals surface area contributed by atoms with E-state index in [1.807, 2.05) is 60.7 Å². The molecule has 0 spiro atoms. The van der Waals surface area contributed by atoms with Crippen LogP contribution < -0.4 is 5.32 Å². The highest BCUT2D eigenvalue weighted by atomic mass is 32.2. The van der Waals surface area contributed by atoms with E-state index >= 15 is 0 Å². The van der Waals surface area contributed by atoms with Gasteiger partial charge in [0.15, 0.2) is 0 Å².